The third kappa shape index (κ3) is 4.74. The number of allylic oxidation sites excluding steroid dienone is 1. The molecule has 6 heteroatoms. The molecule has 32 heavy (non-hydrogen) atoms. The van der Waals surface area contributed by atoms with Crippen molar-refractivity contribution in [2.45, 2.75) is 95.5 Å². The second kappa shape index (κ2) is 9.96. The maximum atomic E-state index is 14.9. The number of carbonyl (C=O) groups excluding carboxylic acids is 1. The van der Waals surface area contributed by atoms with Crippen LogP contribution in [0.25, 0.3) is 0 Å². The summed E-state index contributed by atoms with van der Waals surface area (Å²) in [7, 11) is 0. The van der Waals surface area contributed by atoms with Crippen molar-refractivity contribution < 1.29 is 27.1 Å². The van der Waals surface area contributed by atoms with E-state index in [1.165, 1.54) is 0 Å². The van der Waals surface area contributed by atoms with Gasteiger partial charge in [-0.1, -0.05) is 38.3 Å². The maximum Gasteiger partial charge on any atom is 0.316 e. The molecular formula is C26H32F4O2. The summed E-state index contributed by atoms with van der Waals surface area (Å²) < 4.78 is 63.2. The quantitative estimate of drug-likeness (QED) is 0.344. The van der Waals surface area contributed by atoms with E-state index in [9.17, 15) is 22.4 Å². The average Bonchev–Trinajstić information content (AvgIpc) is 2.80. The minimum absolute atomic E-state index is 0.101. The normalized spacial score (nSPS) is 29.8. The number of rotatable bonds is 4. The largest absolute Gasteiger partial charge is 0.462 e. The molecule has 1 aromatic carbocycles. The first-order valence-electron chi connectivity index (χ1n) is 12.1. The molecule has 0 heterocycles. The highest BCUT2D eigenvalue weighted by Crippen LogP contribution is 2.41. The molecule has 4 rings (SSSR count). The molecule has 0 spiro atoms. The van der Waals surface area contributed by atoms with Crippen LogP contribution in [0, 0.1) is 23.5 Å². The molecular weight excluding hydrogens is 420 g/mol. The number of benzene rings is 1. The zero-order valence-electron chi connectivity index (χ0n) is 18.6. The molecule has 3 aliphatic carbocycles. The maximum absolute atomic E-state index is 14.9. The third-order valence-corrected chi connectivity index (χ3v) is 7.72. The lowest BCUT2D eigenvalue weighted by molar-refractivity contribution is -0.155. The number of halogens is 4. The third-order valence-electron chi connectivity index (χ3n) is 7.72. The molecule has 2 atom stereocenters. The number of carbonyl (C=O) groups is 1. The minimum Gasteiger partial charge on any atom is -0.462 e. The number of hydrogen-bond acceptors (Lipinski definition) is 2. The van der Waals surface area contributed by atoms with Crippen LogP contribution >= 0.6 is 0 Å². The van der Waals surface area contributed by atoms with Gasteiger partial charge in [0.05, 0.1) is 0 Å². The summed E-state index contributed by atoms with van der Waals surface area (Å²) in [5.74, 6) is -5.73. The Kier molecular flexibility index (Phi) is 7.26. The fourth-order valence-corrected chi connectivity index (χ4v) is 5.65. The van der Waals surface area contributed by atoms with Gasteiger partial charge in [-0.3, -0.25) is 4.79 Å². The molecule has 2 unspecified atom stereocenters. The topological polar surface area (TPSA) is 26.3 Å². The molecule has 2 fully saturated rings. The highest BCUT2D eigenvalue weighted by molar-refractivity contribution is 5.75. The first-order chi connectivity index (χ1) is 15.4. The summed E-state index contributed by atoms with van der Waals surface area (Å²) in [6.07, 6.45) is 7.46. The summed E-state index contributed by atoms with van der Waals surface area (Å²) in [6.45, 7) is 1.60. The molecule has 0 radical (unpaired) electrons. The molecule has 2 saturated carbocycles. The molecule has 0 amide bonds. The van der Waals surface area contributed by atoms with Gasteiger partial charge in [0.2, 0.25) is 0 Å². The first kappa shape index (κ1) is 23.3. The predicted molar refractivity (Wildman–Crippen MR) is 114 cm³/mol. The van der Waals surface area contributed by atoms with Crippen molar-refractivity contribution in [1.82, 2.24) is 0 Å². The van der Waals surface area contributed by atoms with Crippen LogP contribution in [0.4, 0.5) is 17.6 Å². The van der Waals surface area contributed by atoms with Crippen molar-refractivity contribution in [3.05, 3.63) is 46.5 Å². The van der Waals surface area contributed by atoms with E-state index >= 15 is 0 Å². The Morgan fingerprint density at radius 3 is 1.91 bits per heavy atom. The highest BCUT2D eigenvalue weighted by atomic mass is 19.2. The number of esters is 1. The van der Waals surface area contributed by atoms with Crippen LogP contribution in [0.2, 0.25) is 0 Å². The van der Waals surface area contributed by atoms with E-state index < -0.39 is 47.2 Å². The van der Waals surface area contributed by atoms with Crippen molar-refractivity contribution >= 4 is 5.97 Å². The van der Waals surface area contributed by atoms with Crippen LogP contribution in [-0.2, 0) is 9.53 Å². The van der Waals surface area contributed by atoms with Crippen molar-refractivity contribution in [3.8, 4) is 0 Å². The Balaban J connectivity index is 1.36. The summed E-state index contributed by atoms with van der Waals surface area (Å²) in [4.78, 5) is 12.4. The van der Waals surface area contributed by atoms with Gasteiger partial charge in [0.1, 0.15) is 23.7 Å². The molecule has 0 aliphatic heterocycles. The van der Waals surface area contributed by atoms with Gasteiger partial charge in [0.15, 0.2) is 11.6 Å². The average molecular weight is 453 g/mol. The van der Waals surface area contributed by atoms with Gasteiger partial charge in [0.25, 0.3) is 0 Å². The van der Waals surface area contributed by atoms with Crippen LogP contribution in [0.15, 0.2) is 23.8 Å². The second-order valence-electron chi connectivity index (χ2n) is 9.84. The van der Waals surface area contributed by atoms with Gasteiger partial charge in [-0.25, -0.2) is 17.6 Å². The SMILES string of the molecule is CC1CCC(C(=O)OC2CCC(c3ccc(C4CCCCC4)c(F)c3F)CC2)C(F)=C1F. The fourth-order valence-electron chi connectivity index (χ4n) is 5.65. The molecule has 0 bridgehead atoms. The summed E-state index contributed by atoms with van der Waals surface area (Å²) in [5, 5.41) is 0. The van der Waals surface area contributed by atoms with Gasteiger partial charge >= 0.3 is 5.97 Å². The molecule has 1 aromatic rings. The molecule has 0 saturated heterocycles. The lowest BCUT2D eigenvalue weighted by Crippen LogP contribution is -2.30. The molecule has 0 aromatic heterocycles. The Bertz CT molecular complexity index is 867. The monoisotopic (exact) mass is 452 g/mol. The van der Waals surface area contributed by atoms with Gasteiger partial charge in [-0.15, -0.1) is 0 Å². The summed E-state index contributed by atoms with van der Waals surface area (Å²) in [6, 6.07) is 3.48. The van der Waals surface area contributed by atoms with Crippen molar-refractivity contribution in [3.63, 3.8) is 0 Å². The minimum atomic E-state index is -1.16. The first-order valence-corrected chi connectivity index (χ1v) is 12.1. The van der Waals surface area contributed by atoms with E-state index in [4.69, 9.17) is 4.74 Å². The standard InChI is InChI=1S/C26H32F4O2/c1-15-7-12-21(25(30)22(15)27)26(31)32-18-10-8-17(9-11-18)20-14-13-19(23(28)24(20)29)16-5-3-2-4-6-16/h13-18,21H,2-12H2,1H3. The highest BCUT2D eigenvalue weighted by Gasteiger charge is 2.36. The number of hydrogen-bond donors (Lipinski definition) is 0. The van der Waals surface area contributed by atoms with Gasteiger partial charge < -0.3 is 4.74 Å². The van der Waals surface area contributed by atoms with Crippen LogP contribution in [0.5, 0.6) is 0 Å². The van der Waals surface area contributed by atoms with Gasteiger partial charge in [-0.05, 0) is 74.3 Å². The van der Waals surface area contributed by atoms with Crippen LogP contribution in [-0.4, -0.2) is 12.1 Å². The Labute approximate surface area is 187 Å². The van der Waals surface area contributed by atoms with E-state index in [-0.39, 0.29) is 18.3 Å². The molecule has 3 aliphatic rings. The molecule has 176 valence electrons. The fraction of sp³-hybridized carbons (Fsp3) is 0.654. The van der Waals surface area contributed by atoms with E-state index in [0.717, 1.165) is 32.1 Å². The molecule has 2 nitrogen and oxygen atoms in total. The van der Waals surface area contributed by atoms with Crippen LogP contribution in [0.3, 0.4) is 0 Å². The smallest absolute Gasteiger partial charge is 0.316 e. The zero-order valence-corrected chi connectivity index (χ0v) is 18.6. The van der Waals surface area contributed by atoms with Crippen molar-refractivity contribution in [2.24, 2.45) is 11.8 Å². The summed E-state index contributed by atoms with van der Waals surface area (Å²) >= 11 is 0. The van der Waals surface area contributed by atoms with Gasteiger partial charge in [-0.2, -0.15) is 0 Å². The summed E-state index contributed by atoms with van der Waals surface area (Å²) in [5.41, 5.74) is 0.891. The van der Waals surface area contributed by atoms with Gasteiger partial charge in [0, 0.05) is 5.92 Å². The predicted octanol–water partition coefficient (Wildman–Crippen LogP) is 7.78. The van der Waals surface area contributed by atoms with E-state index in [0.29, 0.717) is 43.2 Å². The lowest BCUT2D eigenvalue weighted by atomic mass is 9.79. The van der Waals surface area contributed by atoms with E-state index in [1.54, 1.807) is 19.1 Å². The van der Waals surface area contributed by atoms with Crippen molar-refractivity contribution in [2.75, 3.05) is 0 Å². The van der Waals surface area contributed by atoms with E-state index in [1.807, 2.05) is 0 Å². The Hall–Kier alpha value is -1.85. The lowest BCUT2D eigenvalue weighted by Gasteiger charge is -2.31. The van der Waals surface area contributed by atoms with Crippen LogP contribution < -0.4 is 0 Å². The van der Waals surface area contributed by atoms with E-state index in [2.05, 4.69) is 0 Å². The number of ether oxygens (including phenoxy) is 1. The Morgan fingerprint density at radius 2 is 1.31 bits per heavy atom. The zero-order chi connectivity index (χ0) is 22.8. The van der Waals surface area contributed by atoms with Crippen LogP contribution in [0.1, 0.15) is 101 Å². The second-order valence-corrected chi connectivity index (χ2v) is 9.84. The molecule has 0 N–H and O–H groups in total. The Morgan fingerprint density at radius 1 is 0.750 bits per heavy atom. The van der Waals surface area contributed by atoms with Crippen molar-refractivity contribution in [1.29, 1.82) is 0 Å².